The van der Waals surface area contributed by atoms with E-state index in [9.17, 15) is 4.79 Å². The van der Waals surface area contributed by atoms with Gasteiger partial charge in [0, 0.05) is 11.0 Å². The summed E-state index contributed by atoms with van der Waals surface area (Å²) in [5, 5.41) is 17.2. The zero-order valence-electron chi connectivity index (χ0n) is 5.82. The van der Waals surface area contributed by atoms with E-state index in [4.69, 9.17) is 10.2 Å². The van der Waals surface area contributed by atoms with Crippen molar-refractivity contribution in [3.8, 4) is 0 Å². The van der Waals surface area contributed by atoms with Crippen LogP contribution in [0, 0.1) is 0 Å². The summed E-state index contributed by atoms with van der Waals surface area (Å²) in [6.07, 6.45) is 1.21. The van der Waals surface area contributed by atoms with Gasteiger partial charge in [-0.1, -0.05) is 0 Å². The van der Waals surface area contributed by atoms with Crippen LogP contribution < -0.4 is 0 Å². The largest absolute Gasteiger partial charge is 0.502 e. The van der Waals surface area contributed by atoms with Gasteiger partial charge < -0.3 is 10.2 Å². The normalized spacial score (nSPS) is 11.6. The molecule has 1 heterocycles. The van der Waals surface area contributed by atoms with Crippen LogP contribution in [0.15, 0.2) is 21.7 Å². The van der Waals surface area contributed by atoms with Crippen LogP contribution in [0.3, 0.4) is 0 Å². The van der Waals surface area contributed by atoms with Crippen molar-refractivity contribution in [2.24, 2.45) is 0 Å². The Hall–Kier alpha value is -0.810. The third-order valence-electron chi connectivity index (χ3n) is 1.09. The SMILES string of the molecule is O=C(O)/C(O)=C/c1ccc(Br)s1. The number of hydrogen-bond donors (Lipinski definition) is 2. The molecule has 12 heavy (non-hydrogen) atoms. The van der Waals surface area contributed by atoms with Gasteiger partial charge in [-0.3, -0.25) is 0 Å². The summed E-state index contributed by atoms with van der Waals surface area (Å²) in [5.41, 5.74) is 0. The molecule has 0 saturated carbocycles. The highest BCUT2D eigenvalue weighted by Gasteiger charge is 2.04. The van der Waals surface area contributed by atoms with Gasteiger partial charge in [0.2, 0.25) is 5.76 Å². The van der Waals surface area contributed by atoms with E-state index in [0.29, 0.717) is 4.88 Å². The maximum absolute atomic E-state index is 10.2. The van der Waals surface area contributed by atoms with Gasteiger partial charge in [-0.15, -0.1) is 11.3 Å². The molecule has 0 aliphatic rings. The Kier molecular flexibility index (Phi) is 2.88. The van der Waals surface area contributed by atoms with Gasteiger partial charge in [-0.25, -0.2) is 4.79 Å². The number of carboxylic acids is 1. The maximum atomic E-state index is 10.2. The number of carbonyl (C=O) groups is 1. The minimum atomic E-state index is -1.32. The Bertz CT molecular complexity index is 329. The fraction of sp³-hybridized carbons (Fsp3) is 0. The third kappa shape index (κ3) is 2.35. The molecule has 1 rings (SSSR count). The highest BCUT2D eigenvalue weighted by Crippen LogP contribution is 2.23. The second-order valence-corrected chi connectivity index (χ2v) is 4.47. The summed E-state index contributed by atoms with van der Waals surface area (Å²) in [6.45, 7) is 0. The van der Waals surface area contributed by atoms with E-state index in [-0.39, 0.29) is 0 Å². The average molecular weight is 249 g/mol. The Morgan fingerprint density at radius 3 is 2.58 bits per heavy atom. The second kappa shape index (κ2) is 3.73. The van der Waals surface area contributed by atoms with Crippen molar-refractivity contribution in [2.45, 2.75) is 0 Å². The Morgan fingerprint density at radius 1 is 1.50 bits per heavy atom. The molecular formula is C7H5BrO3S. The molecule has 0 radical (unpaired) electrons. The van der Waals surface area contributed by atoms with Crippen LogP contribution in [0.1, 0.15) is 4.88 Å². The van der Waals surface area contributed by atoms with Gasteiger partial charge in [-0.05, 0) is 28.1 Å². The lowest BCUT2D eigenvalue weighted by atomic mass is 10.4. The van der Waals surface area contributed by atoms with Gasteiger partial charge in [-0.2, -0.15) is 0 Å². The van der Waals surface area contributed by atoms with E-state index in [2.05, 4.69) is 15.9 Å². The third-order valence-corrected chi connectivity index (χ3v) is 2.66. The predicted octanol–water partition coefficient (Wildman–Crippen LogP) is 2.49. The van der Waals surface area contributed by atoms with Crippen molar-refractivity contribution in [3.63, 3.8) is 0 Å². The molecule has 3 nitrogen and oxygen atoms in total. The first kappa shape index (κ1) is 9.28. The van der Waals surface area contributed by atoms with Crippen LogP contribution in [-0.2, 0) is 4.79 Å². The number of rotatable bonds is 2. The molecule has 0 unspecified atom stereocenters. The zero-order chi connectivity index (χ0) is 9.14. The molecule has 2 N–H and O–H groups in total. The minimum Gasteiger partial charge on any atom is -0.502 e. The molecule has 0 aromatic carbocycles. The number of aliphatic carboxylic acids is 1. The molecule has 0 aliphatic heterocycles. The molecule has 0 fully saturated rings. The highest BCUT2D eigenvalue weighted by molar-refractivity contribution is 9.11. The van der Waals surface area contributed by atoms with E-state index >= 15 is 0 Å². The summed E-state index contributed by atoms with van der Waals surface area (Å²) >= 11 is 4.57. The second-order valence-electron chi connectivity index (χ2n) is 1.98. The number of carboxylic acid groups (broad SMARTS) is 1. The maximum Gasteiger partial charge on any atom is 0.370 e. The lowest BCUT2D eigenvalue weighted by molar-refractivity contribution is -0.135. The van der Waals surface area contributed by atoms with E-state index < -0.39 is 11.7 Å². The predicted molar refractivity (Wildman–Crippen MR) is 50.3 cm³/mol. The molecule has 0 atom stereocenters. The number of hydrogen-bond acceptors (Lipinski definition) is 3. The van der Waals surface area contributed by atoms with Crippen molar-refractivity contribution in [3.05, 3.63) is 26.6 Å². The number of aliphatic hydroxyl groups is 1. The smallest absolute Gasteiger partial charge is 0.370 e. The van der Waals surface area contributed by atoms with E-state index in [0.717, 1.165) is 3.79 Å². The molecule has 0 aliphatic carbocycles. The van der Waals surface area contributed by atoms with Crippen LogP contribution in [0.4, 0.5) is 0 Å². The highest BCUT2D eigenvalue weighted by atomic mass is 79.9. The average Bonchev–Trinajstić information content (AvgIpc) is 2.35. The van der Waals surface area contributed by atoms with Crippen molar-refractivity contribution < 1.29 is 15.0 Å². The van der Waals surface area contributed by atoms with Crippen molar-refractivity contribution in [1.82, 2.24) is 0 Å². The molecule has 1 aromatic heterocycles. The van der Waals surface area contributed by atoms with E-state index in [1.807, 2.05) is 0 Å². The van der Waals surface area contributed by atoms with E-state index in [1.54, 1.807) is 12.1 Å². The first-order chi connectivity index (χ1) is 5.59. The van der Waals surface area contributed by atoms with Gasteiger partial charge >= 0.3 is 5.97 Å². The lowest BCUT2D eigenvalue weighted by Gasteiger charge is -1.88. The van der Waals surface area contributed by atoms with Crippen LogP contribution in [-0.4, -0.2) is 16.2 Å². The summed E-state index contributed by atoms with van der Waals surface area (Å²) in [4.78, 5) is 10.9. The van der Waals surface area contributed by atoms with Crippen LogP contribution in [0.25, 0.3) is 6.08 Å². The monoisotopic (exact) mass is 248 g/mol. The quantitative estimate of drug-likeness (QED) is 0.625. The van der Waals surface area contributed by atoms with Crippen molar-refractivity contribution >= 4 is 39.3 Å². The van der Waals surface area contributed by atoms with Gasteiger partial charge in [0.05, 0.1) is 3.79 Å². The van der Waals surface area contributed by atoms with Crippen LogP contribution in [0.5, 0.6) is 0 Å². The summed E-state index contributed by atoms with van der Waals surface area (Å²) in [7, 11) is 0. The number of aliphatic hydroxyl groups excluding tert-OH is 1. The number of halogens is 1. The fourth-order valence-electron chi connectivity index (χ4n) is 0.602. The summed E-state index contributed by atoms with van der Waals surface area (Å²) in [6, 6.07) is 3.50. The van der Waals surface area contributed by atoms with Crippen LogP contribution >= 0.6 is 27.3 Å². The molecule has 0 spiro atoms. The summed E-state index contributed by atoms with van der Waals surface area (Å²) < 4.78 is 0.895. The van der Waals surface area contributed by atoms with Gasteiger partial charge in [0.25, 0.3) is 0 Å². The van der Waals surface area contributed by atoms with Gasteiger partial charge in [0.15, 0.2) is 0 Å². The number of thiophene rings is 1. The summed E-state index contributed by atoms with van der Waals surface area (Å²) in [5.74, 6) is -1.97. The van der Waals surface area contributed by atoms with Crippen molar-refractivity contribution in [1.29, 1.82) is 0 Å². The molecule has 0 saturated heterocycles. The van der Waals surface area contributed by atoms with Crippen molar-refractivity contribution in [2.75, 3.05) is 0 Å². The molecule has 1 aromatic rings. The topological polar surface area (TPSA) is 57.5 Å². The molecular weight excluding hydrogens is 244 g/mol. The Labute approximate surface area is 81.1 Å². The van der Waals surface area contributed by atoms with Gasteiger partial charge in [0.1, 0.15) is 0 Å². The lowest BCUT2D eigenvalue weighted by Crippen LogP contribution is -1.97. The fourth-order valence-corrected chi connectivity index (χ4v) is 1.96. The first-order valence-electron chi connectivity index (χ1n) is 2.99. The van der Waals surface area contributed by atoms with Crippen LogP contribution in [0.2, 0.25) is 0 Å². The minimum absolute atomic E-state index is 0.649. The molecule has 0 amide bonds. The zero-order valence-corrected chi connectivity index (χ0v) is 8.22. The van der Waals surface area contributed by atoms with E-state index in [1.165, 1.54) is 17.4 Å². The standard InChI is InChI=1S/C7H5BrO3S/c8-6-2-1-4(12-6)3-5(9)7(10)11/h1-3,9H,(H,10,11)/b5-3-. The molecule has 5 heteroatoms. The Morgan fingerprint density at radius 2 is 2.17 bits per heavy atom. The molecule has 0 bridgehead atoms. The Balaban J connectivity index is 2.87. The first-order valence-corrected chi connectivity index (χ1v) is 4.60. The molecule has 64 valence electrons.